The predicted molar refractivity (Wildman–Crippen MR) is 72.7 cm³/mol. The van der Waals surface area contributed by atoms with Crippen LogP contribution in [0.3, 0.4) is 0 Å². The molecule has 1 aromatic carbocycles. The molecule has 0 fully saturated rings. The largest absolute Gasteiger partial charge is 0.480 e. The molecule has 104 valence electrons. The van der Waals surface area contributed by atoms with Crippen molar-refractivity contribution in [2.75, 3.05) is 13.1 Å². The number of carbonyl (C=O) groups is 2. The van der Waals surface area contributed by atoms with Gasteiger partial charge in [-0.15, -0.1) is 0 Å². The number of carboxylic acid groups (broad SMARTS) is 1. The van der Waals surface area contributed by atoms with E-state index in [-0.39, 0.29) is 12.5 Å². The van der Waals surface area contributed by atoms with Crippen LogP contribution in [-0.2, 0) is 9.59 Å². The average Bonchev–Trinajstić information content (AvgIpc) is 2.37. The van der Waals surface area contributed by atoms with Crippen LogP contribution in [0.1, 0.15) is 25.5 Å². The number of hydrogen-bond donors (Lipinski definition) is 3. The number of aliphatic carboxylic acids is 1. The lowest BCUT2D eigenvalue weighted by Crippen LogP contribution is -2.39. The van der Waals surface area contributed by atoms with E-state index in [1.165, 1.54) is 0 Å². The third-order valence-corrected chi connectivity index (χ3v) is 2.55. The molecule has 0 saturated heterocycles. The van der Waals surface area contributed by atoms with Crippen molar-refractivity contribution in [3.05, 3.63) is 35.9 Å². The van der Waals surface area contributed by atoms with Crippen molar-refractivity contribution in [2.45, 2.75) is 19.9 Å². The number of rotatable bonds is 7. The van der Waals surface area contributed by atoms with Crippen molar-refractivity contribution < 1.29 is 14.7 Å². The van der Waals surface area contributed by atoms with Gasteiger partial charge in [0, 0.05) is 6.54 Å². The zero-order valence-electron chi connectivity index (χ0n) is 11.2. The maximum atomic E-state index is 11.5. The zero-order valence-corrected chi connectivity index (χ0v) is 11.2. The molecular weight excluding hydrogens is 244 g/mol. The fourth-order valence-corrected chi connectivity index (χ4v) is 1.57. The summed E-state index contributed by atoms with van der Waals surface area (Å²) in [4.78, 5) is 22.7. The van der Waals surface area contributed by atoms with Gasteiger partial charge in [-0.2, -0.15) is 0 Å². The maximum Gasteiger partial charge on any atom is 0.325 e. The normalized spacial score (nSPS) is 12.2. The van der Waals surface area contributed by atoms with Crippen LogP contribution in [-0.4, -0.2) is 30.1 Å². The van der Waals surface area contributed by atoms with Gasteiger partial charge in [-0.1, -0.05) is 44.2 Å². The van der Waals surface area contributed by atoms with Gasteiger partial charge in [-0.3, -0.25) is 14.9 Å². The number of carbonyl (C=O) groups excluding carboxylic acids is 1. The van der Waals surface area contributed by atoms with Crippen molar-refractivity contribution in [1.29, 1.82) is 0 Å². The first-order valence-electron chi connectivity index (χ1n) is 6.28. The van der Waals surface area contributed by atoms with Gasteiger partial charge in [-0.05, 0) is 11.5 Å². The highest BCUT2D eigenvalue weighted by atomic mass is 16.4. The molecule has 1 rings (SSSR count). The van der Waals surface area contributed by atoms with Crippen molar-refractivity contribution >= 4 is 11.9 Å². The van der Waals surface area contributed by atoms with E-state index in [1.807, 2.05) is 19.9 Å². The summed E-state index contributed by atoms with van der Waals surface area (Å²) in [6.07, 6.45) is 0. The lowest BCUT2D eigenvalue weighted by atomic mass is 10.1. The third kappa shape index (κ3) is 5.52. The molecule has 5 heteroatoms. The van der Waals surface area contributed by atoms with Gasteiger partial charge in [0.15, 0.2) is 0 Å². The van der Waals surface area contributed by atoms with Gasteiger partial charge in [-0.25, -0.2) is 0 Å². The summed E-state index contributed by atoms with van der Waals surface area (Å²) in [5, 5.41) is 14.6. The molecule has 0 heterocycles. The van der Waals surface area contributed by atoms with Crippen LogP contribution in [0, 0.1) is 5.92 Å². The first kappa shape index (κ1) is 15.2. The minimum Gasteiger partial charge on any atom is -0.480 e. The van der Waals surface area contributed by atoms with Crippen LogP contribution >= 0.6 is 0 Å². The first-order chi connectivity index (χ1) is 9.00. The van der Waals surface area contributed by atoms with Crippen LogP contribution in [0.25, 0.3) is 0 Å². The van der Waals surface area contributed by atoms with Gasteiger partial charge in [0.1, 0.15) is 6.04 Å². The number of carboxylic acids is 1. The molecule has 0 aliphatic rings. The van der Waals surface area contributed by atoms with Crippen molar-refractivity contribution in [3.8, 4) is 0 Å². The molecule has 3 N–H and O–H groups in total. The Labute approximate surface area is 113 Å². The summed E-state index contributed by atoms with van der Waals surface area (Å²) in [5.41, 5.74) is 0.631. The highest BCUT2D eigenvalue weighted by Gasteiger charge is 2.19. The van der Waals surface area contributed by atoms with E-state index in [0.29, 0.717) is 18.0 Å². The minimum absolute atomic E-state index is 0.0153. The van der Waals surface area contributed by atoms with E-state index >= 15 is 0 Å². The molecule has 1 unspecified atom stereocenters. The second kappa shape index (κ2) is 7.53. The number of hydrogen-bond acceptors (Lipinski definition) is 3. The van der Waals surface area contributed by atoms with Gasteiger partial charge in [0.05, 0.1) is 6.54 Å². The Morgan fingerprint density at radius 3 is 2.37 bits per heavy atom. The summed E-state index contributed by atoms with van der Waals surface area (Å²) < 4.78 is 0. The summed E-state index contributed by atoms with van der Waals surface area (Å²) >= 11 is 0. The standard InChI is InChI=1S/C14H20N2O3/c1-10(2)8-15-12(17)9-16-13(14(18)19)11-6-4-3-5-7-11/h3-7,10,13,16H,8-9H2,1-2H3,(H,15,17)(H,18,19). The quantitative estimate of drug-likeness (QED) is 0.691. The molecule has 19 heavy (non-hydrogen) atoms. The molecule has 0 aromatic heterocycles. The predicted octanol–water partition coefficient (Wildman–Crippen LogP) is 1.17. The summed E-state index contributed by atoms with van der Waals surface area (Å²) in [7, 11) is 0. The van der Waals surface area contributed by atoms with E-state index < -0.39 is 12.0 Å². The Bertz CT molecular complexity index is 418. The van der Waals surface area contributed by atoms with Crippen molar-refractivity contribution in [2.24, 2.45) is 5.92 Å². The minimum atomic E-state index is -0.997. The molecule has 1 aromatic rings. The molecule has 1 amide bonds. The summed E-state index contributed by atoms with van der Waals surface area (Å²) in [5.74, 6) is -0.827. The highest BCUT2D eigenvalue weighted by molar-refractivity contribution is 5.80. The Balaban J connectivity index is 2.52. The SMILES string of the molecule is CC(C)CNC(=O)CNC(C(=O)O)c1ccccc1. The van der Waals surface area contributed by atoms with Gasteiger partial charge >= 0.3 is 5.97 Å². The van der Waals surface area contributed by atoms with E-state index in [4.69, 9.17) is 5.11 Å². The highest BCUT2D eigenvalue weighted by Crippen LogP contribution is 2.11. The second-order valence-corrected chi connectivity index (χ2v) is 4.76. The molecular formula is C14H20N2O3. The molecule has 0 radical (unpaired) electrons. The summed E-state index contributed by atoms with van der Waals surface area (Å²) in [6, 6.07) is 7.93. The first-order valence-corrected chi connectivity index (χ1v) is 6.28. The second-order valence-electron chi connectivity index (χ2n) is 4.76. The molecule has 5 nitrogen and oxygen atoms in total. The van der Waals surface area contributed by atoms with Crippen LogP contribution in [0.2, 0.25) is 0 Å². The average molecular weight is 264 g/mol. The Kier molecular flexibility index (Phi) is 6.02. The maximum absolute atomic E-state index is 11.5. The Morgan fingerprint density at radius 2 is 1.84 bits per heavy atom. The van der Waals surface area contributed by atoms with Crippen LogP contribution in [0.4, 0.5) is 0 Å². The van der Waals surface area contributed by atoms with Crippen LogP contribution in [0.15, 0.2) is 30.3 Å². The molecule has 0 spiro atoms. The molecule has 0 bridgehead atoms. The van der Waals surface area contributed by atoms with Gasteiger partial charge < -0.3 is 10.4 Å². The van der Waals surface area contributed by atoms with Gasteiger partial charge in [0.25, 0.3) is 0 Å². The fourth-order valence-electron chi connectivity index (χ4n) is 1.57. The van der Waals surface area contributed by atoms with E-state index in [0.717, 1.165) is 0 Å². The number of benzene rings is 1. The molecule has 0 saturated carbocycles. The van der Waals surface area contributed by atoms with Crippen LogP contribution in [0.5, 0.6) is 0 Å². The van der Waals surface area contributed by atoms with Crippen molar-refractivity contribution in [1.82, 2.24) is 10.6 Å². The smallest absolute Gasteiger partial charge is 0.325 e. The monoisotopic (exact) mass is 264 g/mol. The Hall–Kier alpha value is -1.88. The lowest BCUT2D eigenvalue weighted by Gasteiger charge is -2.15. The fraction of sp³-hybridized carbons (Fsp3) is 0.429. The zero-order chi connectivity index (χ0) is 14.3. The van der Waals surface area contributed by atoms with Crippen LogP contribution < -0.4 is 10.6 Å². The number of nitrogens with one attached hydrogen (secondary N) is 2. The number of amides is 1. The van der Waals surface area contributed by atoms with Gasteiger partial charge in [0.2, 0.25) is 5.91 Å². The van der Waals surface area contributed by atoms with E-state index in [2.05, 4.69) is 10.6 Å². The molecule has 0 aliphatic heterocycles. The lowest BCUT2D eigenvalue weighted by molar-refractivity contribution is -0.139. The van der Waals surface area contributed by atoms with E-state index in [1.54, 1.807) is 24.3 Å². The summed E-state index contributed by atoms with van der Waals surface area (Å²) in [6.45, 7) is 4.57. The van der Waals surface area contributed by atoms with E-state index in [9.17, 15) is 9.59 Å². The van der Waals surface area contributed by atoms with Crippen molar-refractivity contribution in [3.63, 3.8) is 0 Å². The molecule has 1 atom stereocenters. The Morgan fingerprint density at radius 1 is 1.21 bits per heavy atom. The molecule has 0 aliphatic carbocycles. The topological polar surface area (TPSA) is 78.4 Å². The third-order valence-electron chi connectivity index (χ3n) is 2.55.